The highest BCUT2D eigenvalue weighted by Crippen LogP contribution is 2.26. The summed E-state index contributed by atoms with van der Waals surface area (Å²) in [4.78, 5) is 4.14. The van der Waals surface area contributed by atoms with E-state index in [-0.39, 0.29) is 0 Å². The first-order valence-corrected chi connectivity index (χ1v) is 5.35. The molecule has 0 fully saturated rings. The third-order valence-electron chi connectivity index (χ3n) is 2.93. The summed E-state index contributed by atoms with van der Waals surface area (Å²) >= 11 is 0. The quantitative estimate of drug-likeness (QED) is 0.778. The molecule has 1 aromatic rings. The van der Waals surface area contributed by atoms with Crippen molar-refractivity contribution in [1.29, 1.82) is 0 Å². The van der Waals surface area contributed by atoms with Crippen LogP contribution in [0.4, 0.5) is 0 Å². The first-order chi connectivity index (χ1) is 6.75. The van der Waals surface area contributed by atoms with E-state index in [1.807, 2.05) is 18.5 Å². The van der Waals surface area contributed by atoms with Crippen molar-refractivity contribution in [2.75, 3.05) is 6.54 Å². The molecule has 0 saturated heterocycles. The maximum absolute atomic E-state index is 5.50. The Morgan fingerprint density at radius 2 is 2.21 bits per heavy atom. The minimum atomic E-state index is 0.579. The molecule has 0 saturated carbocycles. The molecule has 14 heavy (non-hydrogen) atoms. The van der Waals surface area contributed by atoms with Crippen molar-refractivity contribution >= 4 is 0 Å². The molecule has 1 heterocycles. The van der Waals surface area contributed by atoms with Gasteiger partial charge in [-0.25, -0.2) is 0 Å². The van der Waals surface area contributed by atoms with Crippen molar-refractivity contribution in [3.63, 3.8) is 0 Å². The van der Waals surface area contributed by atoms with Crippen molar-refractivity contribution < 1.29 is 0 Å². The number of pyridine rings is 1. The van der Waals surface area contributed by atoms with Crippen molar-refractivity contribution in [2.45, 2.75) is 32.6 Å². The third kappa shape index (κ3) is 3.11. The molecule has 1 rings (SSSR count). The fraction of sp³-hybridized carbons (Fsp3) is 0.583. The second-order valence-corrected chi connectivity index (χ2v) is 3.98. The highest BCUT2D eigenvalue weighted by atomic mass is 14.6. The minimum Gasteiger partial charge on any atom is -0.330 e. The molecule has 2 atom stereocenters. The highest BCUT2D eigenvalue weighted by molar-refractivity contribution is 5.14. The van der Waals surface area contributed by atoms with Gasteiger partial charge < -0.3 is 5.73 Å². The van der Waals surface area contributed by atoms with Gasteiger partial charge >= 0.3 is 0 Å². The van der Waals surface area contributed by atoms with Crippen LogP contribution in [0.3, 0.4) is 0 Å². The Hall–Kier alpha value is -0.890. The largest absolute Gasteiger partial charge is 0.330 e. The van der Waals surface area contributed by atoms with Crippen molar-refractivity contribution in [2.24, 2.45) is 11.7 Å². The van der Waals surface area contributed by atoms with E-state index < -0.39 is 0 Å². The van der Waals surface area contributed by atoms with E-state index in [4.69, 9.17) is 5.73 Å². The van der Waals surface area contributed by atoms with Crippen LogP contribution >= 0.6 is 0 Å². The van der Waals surface area contributed by atoms with Crippen molar-refractivity contribution in [3.8, 4) is 0 Å². The van der Waals surface area contributed by atoms with E-state index in [1.165, 1.54) is 12.0 Å². The average molecular weight is 192 g/mol. The molecule has 0 spiro atoms. The lowest BCUT2D eigenvalue weighted by Gasteiger charge is -2.19. The summed E-state index contributed by atoms with van der Waals surface area (Å²) in [5.41, 5.74) is 6.83. The van der Waals surface area contributed by atoms with Gasteiger partial charge in [-0.1, -0.05) is 19.9 Å². The van der Waals surface area contributed by atoms with Gasteiger partial charge in [0.15, 0.2) is 0 Å². The number of nitrogens with two attached hydrogens (primary N) is 1. The van der Waals surface area contributed by atoms with Gasteiger partial charge in [0.05, 0.1) is 0 Å². The molecule has 0 radical (unpaired) electrons. The lowest BCUT2D eigenvalue weighted by molar-refractivity contribution is 0.441. The molecule has 2 unspecified atom stereocenters. The standard InChI is InChI=1S/C12H20N2/c1-10(5-3-7-13)11(2)12-6-4-8-14-9-12/h4,6,8-11H,3,5,7,13H2,1-2H3. The average Bonchev–Trinajstić information content (AvgIpc) is 2.26. The Labute approximate surface area is 86.5 Å². The topological polar surface area (TPSA) is 38.9 Å². The fourth-order valence-electron chi connectivity index (χ4n) is 1.66. The molecule has 0 aromatic carbocycles. The first-order valence-electron chi connectivity index (χ1n) is 5.35. The number of rotatable bonds is 5. The van der Waals surface area contributed by atoms with Crippen LogP contribution in [0.1, 0.15) is 38.2 Å². The molecule has 0 aliphatic carbocycles. The Balaban J connectivity index is 2.52. The van der Waals surface area contributed by atoms with Gasteiger partial charge in [-0.2, -0.15) is 0 Å². The van der Waals surface area contributed by atoms with Crippen LogP contribution < -0.4 is 5.73 Å². The monoisotopic (exact) mass is 192 g/mol. The summed E-state index contributed by atoms with van der Waals surface area (Å²) in [6, 6.07) is 4.15. The minimum absolute atomic E-state index is 0.579. The summed E-state index contributed by atoms with van der Waals surface area (Å²) < 4.78 is 0. The van der Waals surface area contributed by atoms with Crippen molar-refractivity contribution in [3.05, 3.63) is 30.1 Å². The zero-order chi connectivity index (χ0) is 10.4. The SMILES string of the molecule is CC(CCCN)C(C)c1cccnc1. The van der Waals surface area contributed by atoms with E-state index in [0.29, 0.717) is 11.8 Å². The van der Waals surface area contributed by atoms with Gasteiger partial charge in [-0.05, 0) is 42.9 Å². The second kappa shape index (κ2) is 5.76. The predicted molar refractivity (Wildman–Crippen MR) is 60.1 cm³/mol. The molecule has 0 aliphatic heterocycles. The fourth-order valence-corrected chi connectivity index (χ4v) is 1.66. The number of hydrogen-bond donors (Lipinski definition) is 1. The molecule has 0 aliphatic rings. The van der Waals surface area contributed by atoms with Gasteiger partial charge in [0, 0.05) is 12.4 Å². The summed E-state index contributed by atoms with van der Waals surface area (Å²) in [6.07, 6.45) is 6.10. The van der Waals surface area contributed by atoms with E-state index >= 15 is 0 Å². The molecule has 2 N–H and O–H groups in total. The van der Waals surface area contributed by atoms with Gasteiger partial charge in [0.2, 0.25) is 0 Å². The maximum atomic E-state index is 5.50. The molecule has 1 aromatic heterocycles. The Morgan fingerprint density at radius 1 is 1.43 bits per heavy atom. The Bertz CT molecular complexity index is 246. The lowest BCUT2D eigenvalue weighted by Crippen LogP contribution is -2.09. The van der Waals surface area contributed by atoms with Crippen LogP contribution in [0.25, 0.3) is 0 Å². The van der Waals surface area contributed by atoms with E-state index in [2.05, 4.69) is 24.9 Å². The van der Waals surface area contributed by atoms with Crippen LogP contribution in [0.15, 0.2) is 24.5 Å². The van der Waals surface area contributed by atoms with E-state index in [1.54, 1.807) is 0 Å². The van der Waals surface area contributed by atoms with Crippen LogP contribution in [-0.4, -0.2) is 11.5 Å². The maximum Gasteiger partial charge on any atom is 0.0302 e. The Morgan fingerprint density at radius 3 is 2.79 bits per heavy atom. The van der Waals surface area contributed by atoms with E-state index in [9.17, 15) is 0 Å². The second-order valence-electron chi connectivity index (χ2n) is 3.98. The number of nitrogens with zero attached hydrogens (tertiary/aromatic N) is 1. The lowest BCUT2D eigenvalue weighted by atomic mass is 9.87. The first kappa shape index (κ1) is 11.2. The summed E-state index contributed by atoms with van der Waals surface area (Å²) in [5, 5.41) is 0. The zero-order valence-electron chi connectivity index (χ0n) is 9.11. The Kier molecular flexibility index (Phi) is 4.60. The van der Waals surface area contributed by atoms with Gasteiger partial charge in [0.1, 0.15) is 0 Å². The molecular formula is C12H20N2. The molecule has 78 valence electrons. The zero-order valence-corrected chi connectivity index (χ0v) is 9.11. The van der Waals surface area contributed by atoms with Crippen molar-refractivity contribution in [1.82, 2.24) is 4.98 Å². The molecule has 0 amide bonds. The normalized spacial score (nSPS) is 15.1. The van der Waals surface area contributed by atoms with Crippen LogP contribution in [0.2, 0.25) is 0 Å². The predicted octanol–water partition coefficient (Wildman–Crippen LogP) is 2.56. The molecule has 2 heteroatoms. The molecule has 0 bridgehead atoms. The smallest absolute Gasteiger partial charge is 0.0302 e. The number of aromatic nitrogens is 1. The summed E-state index contributed by atoms with van der Waals surface area (Å²) in [6.45, 7) is 5.34. The van der Waals surface area contributed by atoms with Gasteiger partial charge in [-0.3, -0.25) is 4.98 Å². The molecule has 2 nitrogen and oxygen atoms in total. The van der Waals surface area contributed by atoms with Crippen LogP contribution in [0.5, 0.6) is 0 Å². The summed E-state index contributed by atoms with van der Waals surface area (Å²) in [5.74, 6) is 1.26. The summed E-state index contributed by atoms with van der Waals surface area (Å²) in [7, 11) is 0. The van der Waals surface area contributed by atoms with Crippen LogP contribution in [-0.2, 0) is 0 Å². The third-order valence-corrected chi connectivity index (χ3v) is 2.93. The van der Waals surface area contributed by atoms with Crippen LogP contribution in [0, 0.1) is 5.92 Å². The van der Waals surface area contributed by atoms with Gasteiger partial charge in [0.25, 0.3) is 0 Å². The molecular weight excluding hydrogens is 172 g/mol. The van der Waals surface area contributed by atoms with Gasteiger partial charge in [-0.15, -0.1) is 0 Å². The number of hydrogen-bond acceptors (Lipinski definition) is 2. The van der Waals surface area contributed by atoms with E-state index in [0.717, 1.165) is 13.0 Å². The highest BCUT2D eigenvalue weighted by Gasteiger charge is 2.13.